The van der Waals surface area contributed by atoms with E-state index < -0.39 is 0 Å². The van der Waals surface area contributed by atoms with Crippen LogP contribution in [0.3, 0.4) is 0 Å². The Kier molecular flexibility index (Phi) is 8.02. The third-order valence-electron chi connectivity index (χ3n) is 2.51. The van der Waals surface area contributed by atoms with Crippen molar-refractivity contribution >= 4 is 0 Å². The van der Waals surface area contributed by atoms with Crippen LogP contribution in [-0.4, -0.2) is 48.3 Å². The zero-order valence-electron chi connectivity index (χ0n) is 11.0. The first-order valence-electron chi connectivity index (χ1n) is 6.10. The van der Waals surface area contributed by atoms with E-state index in [9.17, 15) is 5.11 Å². The van der Waals surface area contributed by atoms with E-state index in [2.05, 4.69) is 44.8 Å². The zero-order valence-corrected chi connectivity index (χ0v) is 11.0. The molecule has 3 nitrogen and oxygen atoms in total. The highest BCUT2D eigenvalue weighted by Gasteiger charge is 2.12. The quantitative estimate of drug-likeness (QED) is 0.642. The van der Waals surface area contributed by atoms with Crippen molar-refractivity contribution in [2.45, 2.75) is 46.8 Å². The van der Waals surface area contributed by atoms with Gasteiger partial charge in [-0.05, 0) is 32.9 Å². The second-order valence-electron chi connectivity index (χ2n) is 4.89. The molecule has 3 heteroatoms. The number of likely N-dealkylation sites (N-methyl/N-ethyl adjacent to an activating group) is 1. The van der Waals surface area contributed by atoms with E-state index in [1.54, 1.807) is 0 Å². The molecule has 0 aromatic heterocycles. The molecule has 0 aliphatic heterocycles. The van der Waals surface area contributed by atoms with Crippen LogP contribution >= 0.6 is 0 Å². The molecule has 92 valence electrons. The van der Waals surface area contributed by atoms with Crippen LogP contribution in [0.5, 0.6) is 0 Å². The van der Waals surface area contributed by atoms with Crippen LogP contribution < -0.4 is 5.32 Å². The second-order valence-corrected chi connectivity index (χ2v) is 4.89. The van der Waals surface area contributed by atoms with E-state index in [-0.39, 0.29) is 6.10 Å². The van der Waals surface area contributed by atoms with Crippen LogP contribution in [0, 0.1) is 5.92 Å². The molecule has 0 amide bonds. The molecule has 0 aliphatic rings. The molecule has 15 heavy (non-hydrogen) atoms. The molecule has 2 N–H and O–H groups in total. The Morgan fingerprint density at radius 2 is 1.73 bits per heavy atom. The van der Waals surface area contributed by atoms with Crippen LogP contribution in [0.4, 0.5) is 0 Å². The number of nitrogens with one attached hydrogen (secondary N) is 1. The summed E-state index contributed by atoms with van der Waals surface area (Å²) in [6.45, 7) is 14.2. The second kappa shape index (κ2) is 8.08. The van der Waals surface area contributed by atoms with Crippen LogP contribution in [0.1, 0.15) is 34.6 Å². The van der Waals surface area contributed by atoms with Crippen molar-refractivity contribution < 1.29 is 5.11 Å². The third-order valence-corrected chi connectivity index (χ3v) is 2.51. The molecular formula is C12H28N2O. The maximum atomic E-state index is 9.81. The highest BCUT2D eigenvalue weighted by atomic mass is 16.3. The predicted molar refractivity (Wildman–Crippen MR) is 66.1 cm³/mol. The lowest BCUT2D eigenvalue weighted by Crippen LogP contribution is -2.42. The van der Waals surface area contributed by atoms with Crippen LogP contribution in [0.2, 0.25) is 0 Å². The molecule has 0 radical (unpaired) electrons. The Hall–Kier alpha value is -0.120. The Morgan fingerprint density at radius 3 is 2.13 bits per heavy atom. The van der Waals surface area contributed by atoms with Gasteiger partial charge < -0.3 is 10.4 Å². The average molecular weight is 216 g/mol. The Labute approximate surface area is 94.9 Å². The van der Waals surface area contributed by atoms with E-state index in [0.29, 0.717) is 18.5 Å². The fraction of sp³-hybridized carbons (Fsp3) is 1.00. The fourth-order valence-corrected chi connectivity index (χ4v) is 1.58. The summed E-state index contributed by atoms with van der Waals surface area (Å²) in [4.78, 5) is 2.28. The summed E-state index contributed by atoms with van der Waals surface area (Å²) in [5.74, 6) is 0.643. The van der Waals surface area contributed by atoms with Gasteiger partial charge in [-0.25, -0.2) is 0 Å². The van der Waals surface area contributed by atoms with Gasteiger partial charge >= 0.3 is 0 Å². The summed E-state index contributed by atoms with van der Waals surface area (Å²) in [5, 5.41) is 13.1. The first kappa shape index (κ1) is 14.9. The minimum Gasteiger partial charge on any atom is -0.390 e. The van der Waals surface area contributed by atoms with Gasteiger partial charge in [0.25, 0.3) is 0 Å². The molecule has 0 fully saturated rings. The molecule has 0 aliphatic carbocycles. The van der Waals surface area contributed by atoms with Crippen LogP contribution in [0.15, 0.2) is 0 Å². The number of nitrogens with zero attached hydrogens (tertiary/aromatic N) is 1. The molecule has 1 atom stereocenters. The van der Waals surface area contributed by atoms with Crippen molar-refractivity contribution in [3.63, 3.8) is 0 Å². The molecule has 0 saturated carbocycles. The number of hydrogen-bond donors (Lipinski definition) is 2. The first-order valence-corrected chi connectivity index (χ1v) is 6.10. The zero-order chi connectivity index (χ0) is 11.8. The minimum absolute atomic E-state index is 0.258. The summed E-state index contributed by atoms with van der Waals surface area (Å²) in [7, 11) is 0. The number of rotatable bonds is 8. The predicted octanol–water partition coefficient (Wildman–Crippen LogP) is 1.32. The molecule has 0 heterocycles. The number of hydrogen-bond acceptors (Lipinski definition) is 3. The summed E-state index contributed by atoms with van der Waals surface area (Å²) in [6.07, 6.45) is -0.258. The van der Waals surface area contributed by atoms with Gasteiger partial charge in [0.15, 0.2) is 0 Å². The van der Waals surface area contributed by atoms with Gasteiger partial charge in [0.05, 0.1) is 6.10 Å². The summed E-state index contributed by atoms with van der Waals surface area (Å²) >= 11 is 0. The normalized spacial score (nSPS) is 14.2. The van der Waals surface area contributed by atoms with E-state index in [0.717, 1.165) is 19.6 Å². The molecule has 1 unspecified atom stereocenters. The molecule has 0 aromatic carbocycles. The number of aliphatic hydroxyl groups excluding tert-OH is 1. The minimum atomic E-state index is -0.258. The van der Waals surface area contributed by atoms with Gasteiger partial charge in [-0.3, -0.25) is 4.90 Å². The molecule has 0 bridgehead atoms. The molecule has 0 rings (SSSR count). The average Bonchev–Trinajstić information content (AvgIpc) is 2.13. The van der Waals surface area contributed by atoms with Gasteiger partial charge in [0, 0.05) is 19.1 Å². The maximum Gasteiger partial charge on any atom is 0.0791 e. The van der Waals surface area contributed by atoms with Crippen molar-refractivity contribution in [3.8, 4) is 0 Å². The van der Waals surface area contributed by atoms with Crippen LogP contribution in [-0.2, 0) is 0 Å². The van der Waals surface area contributed by atoms with Crippen LogP contribution in [0.25, 0.3) is 0 Å². The lowest BCUT2D eigenvalue weighted by atomic mass is 10.2. The highest BCUT2D eigenvalue weighted by Crippen LogP contribution is 1.99. The smallest absolute Gasteiger partial charge is 0.0791 e. The van der Waals surface area contributed by atoms with Crippen molar-refractivity contribution in [2.24, 2.45) is 5.92 Å². The lowest BCUT2D eigenvalue weighted by Gasteiger charge is -2.27. The Bertz CT molecular complexity index is 149. The molecule has 0 spiro atoms. The number of aliphatic hydroxyl groups is 1. The standard InChI is InChI=1S/C12H28N2O/c1-6-14(11(4)5)9-12(15)8-13-7-10(2)3/h10-13,15H,6-9H2,1-5H3. The van der Waals surface area contributed by atoms with Gasteiger partial charge in [0.1, 0.15) is 0 Å². The summed E-state index contributed by atoms with van der Waals surface area (Å²) in [5.41, 5.74) is 0. The van der Waals surface area contributed by atoms with E-state index >= 15 is 0 Å². The lowest BCUT2D eigenvalue weighted by molar-refractivity contribution is 0.0975. The van der Waals surface area contributed by atoms with Gasteiger partial charge in [-0.15, -0.1) is 0 Å². The van der Waals surface area contributed by atoms with Crippen molar-refractivity contribution in [3.05, 3.63) is 0 Å². The molecular weight excluding hydrogens is 188 g/mol. The van der Waals surface area contributed by atoms with Crippen molar-refractivity contribution in [1.29, 1.82) is 0 Å². The maximum absolute atomic E-state index is 9.81. The third kappa shape index (κ3) is 7.77. The van der Waals surface area contributed by atoms with Gasteiger partial charge in [-0.2, -0.15) is 0 Å². The largest absolute Gasteiger partial charge is 0.390 e. The van der Waals surface area contributed by atoms with Gasteiger partial charge in [0.2, 0.25) is 0 Å². The van der Waals surface area contributed by atoms with E-state index in [1.165, 1.54) is 0 Å². The summed E-state index contributed by atoms with van der Waals surface area (Å²) < 4.78 is 0. The SMILES string of the molecule is CCN(CC(O)CNCC(C)C)C(C)C. The fourth-order valence-electron chi connectivity index (χ4n) is 1.58. The Morgan fingerprint density at radius 1 is 1.13 bits per heavy atom. The Balaban J connectivity index is 3.66. The van der Waals surface area contributed by atoms with E-state index in [4.69, 9.17) is 0 Å². The molecule has 0 saturated heterocycles. The van der Waals surface area contributed by atoms with Crippen molar-refractivity contribution in [1.82, 2.24) is 10.2 Å². The highest BCUT2D eigenvalue weighted by molar-refractivity contribution is 4.69. The molecule has 0 aromatic rings. The monoisotopic (exact) mass is 216 g/mol. The summed E-state index contributed by atoms with van der Waals surface area (Å²) in [6, 6.07) is 0.509. The topological polar surface area (TPSA) is 35.5 Å². The van der Waals surface area contributed by atoms with Gasteiger partial charge in [-0.1, -0.05) is 20.8 Å². The van der Waals surface area contributed by atoms with Crippen molar-refractivity contribution in [2.75, 3.05) is 26.2 Å². The first-order chi connectivity index (χ1) is 6.97. The van der Waals surface area contributed by atoms with E-state index in [1.807, 2.05) is 0 Å².